The minimum atomic E-state index is -0.630. The number of anilines is 2. The summed E-state index contributed by atoms with van der Waals surface area (Å²) in [7, 11) is 0. The summed E-state index contributed by atoms with van der Waals surface area (Å²) in [5, 5.41) is 5.32. The molecule has 1 aliphatic heterocycles. The number of benzene rings is 2. The summed E-state index contributed by atoms with van der Waals surface area (Å²) in [6.07, 6.45) is 2.69. The molecule has 2 heterocycles. The van der Waals surface area contributed by atoms with Crippen molar-refractivity contribution in [3.05, 3.63) is 70.5 Å². The van der Waals surface area contributed by atoms with Gasteiger partial charge in [0.1, 0.15) is 17.7 Å². The Morgan fingerprint density at radius 3 is 2.74 bits per heavy atom. The summed E-state index contributed by atoms with van der Waals surface area (Å²) >= 11 is 5.82. The van der Waals surface area contributed by atoms with Gasteiger partial charge in [-0.25, -0.2) is 14.2 Å². The molecule has 2 aliphatic rings. The quantitative estimate of drug-likeness (QED) is 0.366. The van der Waals surface area contributed by atoms with Crippen LogP contribution in [0.3, 0.4) is 0 Å². The highest BCUT2D eigenvalue weighted by molar-refractivity contribution is 6.30. The number of ether oxygens (including phenoxy) is 2. The molecule has 3 aromatic rings. The predicted octanol–water partition coefficient (Wildman–Crippen LogP) is 6.06. The number of fused-ring (bicyclic) bond motifs is 1. The van der Waals surface area contributed by atoms with Crippen molar-refractivity contribution < 1.29 is 23.5 Å². The number of carbonyl (C=O) groups excluding carboxylic acids is 2. The molecule has 5 rings (SSSR count). The smallest absolute Gasteiger partial charge is 0.326 e. The highest BCUT2D eigenvalue weighted by Crippen LogP contribution is 2.40. The van der Waals surface area contributed by atoms with Crippen LogP contribution in [0.4, 0.5) is 20.6 Å². The topological polar surface area (TPSA) is 110 Å². The van der Waals surface area contributed by atoms with Crippen molar-refractivity contribution in [3.8, 4) is 22.8 Å². The summed E-state index contributed by atoms with van der Waals surface area (Å²) in [6.45, 7) is 2.57. The Labute approximate surface area is 222 Å². The summed E-state index contributed by atoms with van der Waals surface area (Å²) in [5.41, 5.74) is 2.24. The van der Waals surface area contributed by atoms with Crippen molar-refractivity contribution in [3.63, 3.8) is 0 Å². The van der Waals surface area contributed by atoms with Gasteiger partial charge < -0.3 is 14.8 Å². The summed E-state index contributed by atoms with van der Waals surface area (Å²) in [6, 6.07) is 12.6. The first-order chi connectivity index (χ1) is 18.4. The Kier molecular flexibility index (Phi) is 7.24. The van der Waals surface area contributed by atoms with Gasteiger partial charge in [-0.3, -0.25) is 9.69 Å². The van der Waals surface area contributed by atoms with E-state index >= 15 is 0 Å². The van der Waals surface area contributed by atoms with Crippen LogP contribution in [0.15, 0.2) is 59.9 Å². The number of nitroso groups, excluding NO2 is 1. The molecule has 0 spiro atoms. The van der Waals surface area contributed by atoms with Crippen molar-refractivity contribution in [1.29, 1.82) is 0 Å². The van der Waals surface area contributed by atoms with Crippen molar-refractivity contribution in [2.24, 2.45) is 17.0 Å². The van der Waals surface area contributed by atoms with E-state index in [4.69, 9.17) is 21.1 Å². The van der Waals surface area contributed by atoms with Gasteiger partial charge in [0.15, 0.2) is 0 Å². The first-order valence-electron chi connectivity index (χ1n) is 12.2. The number of aromatic nitrogens is 1. The van der Waals surface area contributed by atoms with E-state index in [-0.39, 0.29) is 28.6 Å². The van der Waals surface area contributed by atoms with Crippen LogP contribution in [0, 0.1) is 22.6 Å². The first-order valence-corrected chi connectivity index (χ1v) is 12.5. The Balaban J connectivity index is 1.30. The summed E-state index contributed by atoms with van der Waals surface area (Å²) < 4.78 is 26.0. The van der Waals surface area contributed by atoms with Crippen molar-refractivity contribution >= 4 is 34.9 Å². The van der Waals surface area contributed by atoms with Gasteiger partial charge in [0.2, 0.25) is 5.88 Å². The maximum atomic E-state index is 14.3. The molecule has 0 bridgehead atoms. The number of amides is 3. The highest BCUT2D eigenvalue weighted by Gasteiger charge is 2.44. The Hall–Kier alpha value is -4.05. The monoisotopic (exact) mass is 538 g/mol. The zero-order valence-electron chi connectivity index (χ0n) is 20.4. The number of hydrogen-bond donors (Lipinski definition) is 1. The summed E-state index contributed by atoms with van der Waals surface area (Å²) in [4.78, 5) is 40.6. The van der Waals surface area contributed by atoms with E-state index in [2.05, 4.69) is 15.5 Å². The maximum absolute atomic E-state index is 14.3. The van der Waals surface area contributed by atoms with E-state index in [1.54, 1.807) is 18.3 Å². The zero-order chi connectivity index (χ0) is 26.8. The standard InChI is InChI=1S/C27H24ClFN4O5/c1-2-19-13-33(27(35)31-22-6-5-18(28)11-21(22)29)23-7-3-15(10-24(23)38-19)16-4-8-25(30-12-16)37-14-17-9-20(17)26(34)32-36/h3-8,10-12,17,19-20H,2,9,13-14H2,1H3,(H,31,35). The van der Waals surface area contributed by atoms with Crippen LogP contribution in [0.25, 0.3) is 11.1 Å². The number of halogens is 2. The van der Waals surface area contributed by atoms with E-state index in [9.17, 15) is 18.9 Å². The van der Waals surface area contributed by atoms with Crippen LogP contribution in [-0.4, -0.2) is 36.2 Å². The molecule has 1 saturated carbocycles. The molecule has 38 heavy (non-hydrogen) atoms. The molecule has 11 heteroatoms. The van der Waals surface area contributed by atoms with Gasteiger partial charge in [0.25, 0.3) is 5.91 Å². The van der Waals surface area contributed by atoms with Crippen LogP contribution in [0.1, 0.15) is 19.8 Å². The number of hydrogen-bond acceptors (Lipinski definition) is 6. The van der Waals surface area contributed by atoms with Crippen LogP contribution in [0.2, 0.25) is 5.02 Å². The second-order valence-electron chi connectivity index (χ2n) is 9.22. The Morgan fingerprint density at radius 1 is 1.21 bits per heavy atom. The van der Waals surface area contributed by atoms with E-state index < -0.39 is 17.8 Å². The van der Waals surface area contributed by atoms with Gasteiger partial charge in [-0.05, 0) is 54.8 Å². The normalized spacial score (nSPS) is 19.7. The number of urea groups is 1. The van der Waals surface area contributed by atoms with E-state index in [0.29, 0.717) is 43.3 Å². The zero-order valence-corrected chi connectivity index (χ0v) is 21.2. The fourth-order valence-corrected chi connectivity index (χ4v) is 4.50. The minimum Gasteiger partial charge on any atom is -0.486 e. The summed E-state index contributed by atoms with van der Waals surface area (Å²) in [5.74, 6) is -0.673. The van der Waals surface area contributed by atoms with Crippen molar-refractivity contribution in [2.75, 3.05) is 23.4 Å². The lowest BCUT2D eigenvalue weighted by atomic mass is 10.0. The molecule has 2 aromatic carbocycles. The van der Waals surface area contributed by atoms with Crippen molar-refractivity contribution in [1.82, 2.24) is 4.98 Å². The number of rotatable bonds is 7. The van der Waals surface area contributed by atoms with Gasteiger partial charge in [0.05, 0.1) is 30.4 Å². The number of nitrogens with zero attached hydrogens (tertiary/aromatic N) is 3. The van der Waals surface area contributed by atoms with Gasteiger partial charge in [-0.1, -0.05) is 24.6 Å². The molecule has 1 fully saturated rings. The lowest BCUT2D eigenvalue weighted by molar-refractivity contribution is -0.119. The van der Waals surface area contributed by atoms with E-state index in [0.717, 1.165) is 17.2 Å². The lowest BCUT2D eigenvalue weighted by Crippen LogP contribution is -2.45. The molecule has 1 aliphatic carbocycles. The third kappa shape index (κ3) is 5.45. The second kappa shape index (κ2) is 10.7. The molecule has 0 saturated heterocycles. The molecule has 1 N–H and O–H groups in total. The second-order valence-corrected chi connectivity index (χ2v) is 9.66. The van der Waals surface area contributed by atoms with Crippen molar-refractivity contribution in [2.45, 2.75) is 25.9 Å². The molecule has 3 unspecified atom stereocenters. The number of carbonyl (C=O) groups is 2. The van der Waals surface area contributed by atoms with Crippen LogP contribution in [-0.2, 0) is 4.79 Å². The fraction of sp³-hybridized carbons (Fsp3) is 0.296. The molecular weight excluding hydrogens is 515 g/mol. The Morgan fingerprint density at radius 2 is 2.03 bits per heavy atom. The van der Waals surface area contributed by atoms with Gasteiger partial charge in [-0.15, -0.1) is 4.91 Å². The molecule has 3 atom stereocenters. The van der Waals surface area contributed by atoms with Gasteiger partial charge in [-0.2, -0.15) is 0 Å². The van der Waals surface area contributed by atoms with Crippen LogP contribution >= 0.6 is 11.6 Å². The molecule has 196 valence electrons. The fourth-order valence-electron chi connectivity index (χ4n) is 4.34. The number of pyridine rings is 1. The molecule has 1 aromatic heterocycles. The highest BCUT2D eigenvalue weighted by atomic mass is 35.5. The molecule has 0 radical (unpaired) electrons. The maximum Gasteiger partial charge on any atom is 0.326 e. The average Bonchev–Trinajstić information content (AvgIpc) is 3.72. The third-order valence-electron chi connectivity index (χ3n) is 6.65. The largest absolute Gasteiger partial charge is 0.486 e. The van der Waals surface area contributed by atoms with E-state index in [1.807, 2.05) is 25.1 Å². The molecule has 3 amide bonds. The van der Waals surface area contributed by atoms with E-state index in [1.165, 1.54) is 17.0 Å². The Bertz CT molecular complexity index is 1390. The third-order valence-corrected chi connectivity index (χ3v) is 6.88. The molecular formula is C27H24ClFN4O5. The lowest BCUT2D eigenvalue weighted by Gasteiger charge is -2.35. The van der Waals surface area contributed by atoms with Gasteiger partial charge in [0, 0.05) is 33.9 Å². The molecule has 9 nitrogen and oxygen atoms in total. The van der Waals surface area contributed by atoms with Crippen LogP contribution < -0.4 is 19.7 Å². The first kappa shape index (κ1) is 25.6. The minimum absolute atomic E-state index is 0.0117. The van der Waals surface area contributed by atoms with Crippen LogP contribution in [0.5, 0.6) is 11.6 Å². The average molecular weight is 539 g/mol. The predicted molar refractivity (Wildman–Crippen MR) is 140 cm³/mol. The number of nitrogens with one attached hydrogen (secondary N) is 1. The van der Waals surface area contributed by atoms with Gasteiger partial charge >= 0.3 is 6.03 Å². The SMILES string of the molecule is CCC1CN(C(=O)Nc2ccc(Cl)cc2F)c2ccc(-c3ccc(OCC4CC4C(=O)N=O)nc3)cc2O1.